The summed E-state index contributed by atoms with van der Waals surface area (Å²) in [6.45, 7) is 2.74. The Bertz CT molecular complexity index is 700. The van der Waals surface area contributed by atoms with E-state index in [0.717, 1.165) is 23.6 Å². The summed E-state index contributed by atoms with van der Waals surface area (Å²) < 4.78 is 0. The molecule has 2 amide bonds. The largest absolute Gasteiger partial charge is 0.274 e. The van der Waals surface area contributed by atoms with Crippen molar-refractivity contribution in [3.8, 4) is 0 Å². The van der Waals surface area contributed by atoms with Crippen LogP contribution in [0, 0.1) is 0 Å². The molecule has 24 heavy (non-hydrogen) atoms. The van der Waals surface area contributed by atoms with Gasteiger partial charge in [0.2, 0.25) is 0 Å². The average Bonchev–Trinajstić information content (AvgIpc) is 2.61. The molecular weight excluding hydrogens is 298 g/mol. The molecule has 3 nitrogen and oxygen atoms in total. The molecule has 0 spiro atoms. The Morgan fingerprint density at radius 1 is 0.750 bits per heavy atom. The first-order chi connectivity index (χ1) is 11.7. The van der Waals surface area contributed by atoms with E-state index in [2.05, 4.69) is 6.92 Å². The predicted molar refractivity (Wildman–Crippen MR) is 97.3 cm³/mol. The second-order valence-electron chi connectivity index (χ2n) is 6.59. The second-order valence-corrected chi connectivity index (χ2v) is 6.59. The third-order valence-electron chi connectivity index (χ3n) is 4.84. The van der Waals surface area contributed by atoms with Crippen LogP contribution in [0.3, 0.4) is 0 Å². The van der Waals surface area contributed by atoms with Crippen molar-refractivity contribution >= 4 is 22.6 Å². The Kier molecular flexibility index (Phi) is 5.29. The summed E-state index contributed by atoms with van der Waals surface area (Å²) in [6.07, 6.45) is 8.23. The fraction of sp³-hybridized carbons (Fsp3) is 0.429. The molecule has 3 rings (SSSR count). The zero-order valence-corrected chi connectivity index (χ0v) is 14.4. The van der Waals surface area contributed by atoms with Crippen molar-refractivity contribution in [1.82, 2.24) is 4.90 Å². The number of unbranched alkanes of at least 4 members (excludes halogenated alkanes) is 6. The zero-order valence-electron chi connectivity index (χ0n) is 14.4. The Morgan fingerprint density at radius 3 is 1.88 bits per heavy atom. The van der Waals surface area contributed by atoms with Crippen LogP contribution >= 0.6 is 0 Å². The van der Waals surface area contributed by atoms with Crippen LogP contribution in [0.15, 0.2) is 36.4 Å². The average molecular weight is 323 g/mol. The highest BCUT2D eigenvalue weighted by molar-refractivity contribution is 6.25. The number of amides is 2. The van der Waals surface area contributed by atoms with Crippen LogP contribution in [-0.4, -0.2) is 23.3 Å². The van der Waals surface area contributed by atoms with E-state index >= 15 is 0 Å². The van der Waals surface area contributed by atoms with Gasteiger partial charge in [0.05, 0.1) is 0 Å². The fourth-order valence-electron chi connectivity index (χ4n) is 3.51. The van der Waals surface area contributed by atoms with Gasteiger partial charge < -0.3 is 0 Å². The van der Waals surface area contributed by atoms with Gasteiger partial charge in [0, 0.05) is 23.1 Å². The molecular formula is C21H25NO2. The summed E-state index contributed by atoms with van der Waals surface area (Å²) in [4.78, 5) is 26.9. The number of carbonyl (C=O) groups is 2. The second kappa shape index (κ2) is 7.61. The third-order valence-corrected chi connectivity index (χ3v) is 4.84. The molecule has 2 aromatic carbocycles. The Balaban J connectivity index is 1.67. The molecule has 0 radical (unpaired) electrons. The van der Waals surface area contributed by atoms with Crippen LogP contribution in [0.1, 0.15) is 72.6 Å². The topological polar surface area (TPSA) is 37.4 Å². The van der Waals surface area contributed by atoms with Crippen LogP contribution < -0.4 is 0 Å². The van der Waals surface area contributed by atoms with E-state index in [-0.39, 0.29) is 11.8 Å². The van der Waals surface area contributed by atoms with Gasteiger partial charge in [-0.25, -0.2) is 0 Å². The normalized spacial score (nSPS) is 13.8. The first kappa shape index (κ1) is 16.7. The third kappa shape index (κ3) is 3.21. The van der Waals surface area contributed by atoms with Gasteiger partial charge in [-0.2, -0.15) is 0 Å². The highest BCUT2D eigenvalue weighted by Gasteiger charge is 2.31. The van der Waals surface area contributed by atoms with E-state index < -0.39 is 0 Å². The SMILES string of the molecule is CCCCCCCCCN1C(=O)c2cccc3cccc(c23)C1=O. The van der Waals surface area contributed by atoms with E-state index in [1.54, 1.807) is 0 Å². The fourth-order valence-corrected chi connectivity index (χ4v) is 3.51. The molecule has 0 N–H and O–H groups in total. The van der Waals surface area contributed by atoms with Crippen molar-refractivity contribution in [2.45, 2.75) is 51.9 Å². The highest BCUT2D eigenvalue weighted by atomic mass is 16.2. The van der Waals surface area contributed by atoms with Crippen molar-refractivity contribution in [1.29, 1.82) is 0 Å². The van der Waals surface area contributed by atoms with Gasteiger partial charge in [0.25, 0.3) is 11.8 Å². The molecule has 0 aliphatic carbocycles. The molecule has 0 bridgehead atoms. The standard InChI is InChI=1S/C21H25NO2/c1-2-3-4-5-6-7-8-15-22-20(23)17-13-9-11-16-12-10-14-18(19(16)17)21(22)24/h9-14H,2-8,15H2,1H3. The van der Waals surface area contributed by atoms with Crippen molar-refractivity contribution in [3.05, 3.63) is 47.5 Å². The van der Waals surface area contributed by atoms with Crippen LogP contribution in [-0.2, 0) is 0 Å². The summed E-state index contributed by atoms with van der Waals surface area (Å²) in [5.74, 6) is -0.287. The molecule has 126 valence electrons. The number of hydrogen-bond donors (Lipinski definition) is 0. The van der Waals surface area contributed by atoms with Gasteiger partial charge in [0.1, 0.15) is 0 Å². The molecule has 1 aliphatic rings. The maximum Gasteiger partial charge on any atom is 0.261 e. The molecule has 0 saturated heterocycles. The lowest BCUT2D eigenvalue weighted by Gasteiger charge is -2.27. The lowest BCUT2D eigenvalue weighted by molar-refractivity contribution is 0.0607. The molecule has 0 saturated carbocycles. The number of hydrogen-bond acceptors (Lipinski definition) is 2. The molecule has 3 heteroatoms. The Labute approximate surface area is 143 Å². The van der Waals surface area contributed by atoms with Crippen LogP contribution in [0.2, 0.25) is 0 Å². The van der Waals surface area contributed by atoms with E-state index in [1.807, 2.05) is 36.4 Å². The number of imide groups is 1. The van der Waals surface area contributed by atoms with Gasteiger partial charge in [-0.3, -0.25) is 14.5 Å². The van der Waals surface area contributed by atoms with Crippen LogP contribution in [0.25, 0.3) is 10.8 Å². The number of benzene rings is 2. The van der Waals surface area contributed by atoms with E-state index in [4.69, 9.17) is 0 Å². The quantitative estimate of drug-likeness (QED) is 0.495. The maximum atomic E-state index is 12.7. The first-order valence-electron chi connectivity index (χ1n) is 9.12. The summed E-state index contributed by atoms with van der Waals surface area (Å²) in [5.41, 5.74) is 1.32. The molecule has 0 atom stereocenters. The maximum absolute atomic E-state index is 12.7. The minimum atomic E-state index is -0.143. The van der Waals surface area contributed by atoms with Crippen molar-refractivity contribution in [3.63, 3.8) is 0 Å². The minimum Gasteiger partial charge on any atom is -0.274 e. The van der Waals surface area contributed by atoms with Gasteiger partial charge >= 0.3 is 0 Å². The van der Waals surface area contributed by atoms with Crippen molar-refractivity contribution in [2.75, 3.05) is 6.54 Å². The molecule has 2 aromatic rings. The number of rotatable bonds is 8. The smallest absolute Gasteiger partial charge is 0.261 e. The minimum absolute atomic E-state index is 0.143. The molecule has 0 unspecified atom stereocenters. The predicted octanol–water partition coefficient (Wildman–Crippen LogP) is 5.19. The lowest BCUT2D eigenvalue weighted by atomic mass is 9.94. The van der Waals surface area contributed by atoms with Gasteiger partial charge in [0.15, 0.2) is 0 Å². The van der Waals surface area contributed by atoms with Gasteiger partial charge in [-0.1, -0.05) is 69.7 Å². The summed E-state index contributed by atoms with van der Waals surface area (Å²) in [6, 6.07) is 11.3. The van der Waals surface area contributed by atoms with E-state index in [0.29, 0.717) is 17.7 Å². The molecule has 1 aliphatic heterocycles. The van der Waals surface area contributed by atoms with Crippen molar-refractivity contribution in [2.24, 2.45) is 0 Å². The summed E-state index contributed by atoms with van der Waals surface area (Å²) in [5, 5.41) is 1.77. The molecule has 0 fully saturated rings. The zero-order chi connectivity index (χ0) is 16.9. The Morgan fingerprint density at radius 2 is 1.29 bits per heavy atom. The summed E-state index contributed by atoms with van der Waals surface area (Å²) in [7, 11) is 0. The highest BCUT2D eigenvalue weighted by Crippen LogP contribution is 2.30. The number of nitrogens with zero attached hydrogens (tertiary/aromatic N) is 1. The Hall–Kier alpha value is -2.16. The first-order valence-corrected chi connectivity index (χ1v) is 9.12. The molecule has 1 heterocycles. The summed E-state index contributed by atoms with van der Waals surface area (Å²) >= 11 is 0. The van der Waals surface area contributed by atoms with Gasteiger partial charge in [-0.05, 0) is 23.9 Å². The number of carbonyl (C=O) groups excluding carboxylic acids is 2. The lowest BCUT2D eigenvalue weighted by Crippen LogP contribution is -2.40. The van der Waals surface area contributed by atoms with E-state index in [1.165, 1.54) is 37.0 Å². The van der Waals surface area contributed by atoms with Crippen molar-refractivity contribution < 1.29 is 9.59 Å². The van der Waals surface area contributed by atoms with Crippen LogP contribution in [0.4, 0.5) is 0 Å². The van der Waals surface area contributed by atoms with Crippen LogP contribution in [0.5, 0.6) is 0 Å². The monoisotopic (exact) mass is 323 g/mol. The van der Waals surface area contributed by atoms with Gasteiger partial charge in [-0.15, -0.1) is 0 Å². The van der Waals surface area contributed by atoms with E-state index in [9.17, 15) is 9.59 Å². The molecule has 0 aromatic heterocycles.